The summed E-state index contributed by atoms with van der Waals surface area (Å²) in [4.78, 5) is 23.3. The first kappa shape index (κ1) is 18.5. The summed E-state index contributed by atoms with van der Waals surface area (Å²) in [5.74, 6) is -0.490. The lowest BCUT2D eigenvalue weighted by Gasteiger charge is -2.08. The molecule has 2 aromatic carbocycles. The number of benzene rings is 2. The maximum Gasteiger partial charge on any atom is 0.339 e. The molecule has 2 aromatic rings. The Labute approximate surface area is 162 Å². The van der Waals surface area contributed by atoms with E-state index >= 15 is 0 Å². The molecular formula is C16H10Cl3IO3. The van der Waals surface area contributed by atoms with Gasteiger partial charge in [0, 0.05) is 9.99 Å². The molecule has 0 N–H and O–H groups in total. The lowest BCUT2D eigenvalue weighted by molar-refractivity contribution is 0.0509. The Balaban J connectivity index is 2.00. The van der Waals surface area contributed by atoms with Crippen molar-refractivity contribution in [2.24, 2.45) is 0 Å². The van der Waals surface area contributed by atoms with Crippen molar-refractivity contribution < 1.29 is 14.3 Å². The van der Waals surface area contributed by atoms with Crippen molar-refractivity contribution in [3.05, 3.63) is 66.7 Å². The van der Waals surface area contributed by atoms with Crippen LogP contribution in [0.5, 0.6) is 0 Å². The number of carbonyl (C=O) groups is 2. The molecule has 0 amide bonds. The van der Waals surface area contributed by atoms with Crippen molar-refractivity contribution in [2.45, 2.75) is 6.42 Å². The Kier molecular flexibility index (Phi) is 6.71. The first-order valence-electron chi connectivity index (χ1n) is 6.49. The average Bonchev–Trinajstić information content (AvgIpc) is 2.51. The Morgan fingerprint density at radius 2 is 1.65 bits per heavy atom. The van der Waals surface area contributed by atoms with Crippen molar-refractivity contribution in [1.82, 2.24) is 0 Å². The van der Waals surface area contributed by atoms with Gasteiger partial charge in [0.25, 0.3) is 5.24 Å². The number of carbonyl (C=O) groups excluding carboxylic acids is 2. The highest BCUT2D eigenvalue weighted by molar-refractivity contribution is 14.1. The van der Waals surface area contributed by atoms with Crippen LogP contribution in [0.15, 0.2) is 36.4 Å². The van der Waals surface area contributed by atoms with Crippen LogP contribution in [0, 0.1) is 3.57 Å². The van der Waals surface area contributed by atoms with Crippen LogP contribution < -0.4 is 0 Å². The second kappa shape index (κ2) is 8.33. The Morgan fingerprint density at radius 3 is 2.35 bits per heavy atom. The molecule has 0 saturated heterocycles. The van der Waals surface area contributed by atoms with Crippen molar-refractivity contribution in [2.75, 3.05) is 6.61 Å². The van der Waals surface area contributed by atoms with E-state index in [0.717, 1.165) is 9.13 Å². The van der Waals surface area contributed by atoms with Gasteiger partial charge in [-0.15, -0.1) is 0 Å². The molecule has 0 atom stereocenters. The molecule has 0 heterocycles. The summed E-state index contributed by atoms with van der Waals surface area (Å²) in [5, 5.41) is 0.00723. The van der Waals surface area contributed by atoms with E-state index in [1.54, 1.807) is 36.4 Å². The molecule has 0 aliphatic carbocycles. The minimum atomic E-state index is -0.625. The quantitative estimate of drug-likeness (QED) is 0.326. The third kappa shape index (κ3) is 5.08. The molecule has 0 aliphatic heterocycles. The molecule has 120 valence electrons. The molecule has 0 aliphatic rings. The first-order chi connectivity index (χ1) is 10.9. The van der Waals surface area contributed by atoms with E-state index in [1.807, 2.05) is 0 Å². The van der Waals surface area contributed by atoms with Gasteiger partial charge in [0.1, 0.15) is 0 Å². The van der Waals surface area contributed by atoms with E-state index in [1.165, 1.54) is 0 Å². The van der Waals surface area contributed by atoms with E-state index < -0.39 is 11.2 Å². The van der Waals surface area contributed by atoms with Gasteiger partial charge in [0.05, 0.1) is 27.8 Å². The van der Waals surface area contributed by atoms with Crippen LogP contribution >= 0.6 is 57.4 Å². The zero-order valence-electron chi connectivity index (χ0n) is 11.6. The summed E-state index contributed by atoms with van der Waals surface area (Å²) in [6.07, 6.45) is 0.432. The van der Waals surface area contributed by atoms with Gasteiger partial charge in [-0.25, -0.2) is 4.79 Å². The van der Waals surface area contributed by atoms with Gasteiger partial charge >= 0.3 is 5.97 Å². The molecular weight excluding hydrogens is 473 g/mol. The van der Waals surface area contributed by atoms with E-state index in [4.69, 9.17) is 39.5 Å². The lowest BCUT2D eigenvalue weighted by atomic mass is 10.1. The maximum atomic E-state index is 12.0. The smallest absolute Gasteiger partial charge is 0.339 e. The fourth-order valence-electron chi connectivity index (χ4n) is 1.87. The van der Waals surface area contributed by atoms with Crippen LogP contribution in [0.25, 0.3) is 0 Å². The van der Waals surface area contributed by atoms with Crippen molar-refractivity contribution in [1.29, 1.82) is 0 Å². The van der Waals surface area contributed by atoms with Gasteiger partial charge in [-0.3, -0.25) is 4.79 Å². The van der Waals surface area contributed by atoms with Gasteiger partial charge < -0.3 is 4.74 Å². The van der Waals surface area contributed by atoms with Gasteiger partial charge in [-0.2, -0.15) is 0 Å². The second-order valence-electron chi connectivity index (χ2n) is 4.60. The first-order valence-corrected chi connectivity index (χ1v) is 8.70. The molecule has 0 aromatic heterocycles. The van der Waals surface area contributed by atoms with Gasteiger partial charge in [-0.1, -0.05) is 29.3 Å². The normalized spacial score (nSPS) is 10.4. The number of rotatable bonds is 5. The molecule has 7 heteroatoms. The summed E-state index contributed by atoms with van der Waals surface area (Å²) < 4.78 is 6.11. The van der Waals surface area contributed by atoms with Crippen molar-refractivity contribution >= 4 is 68.6 Å². The number of halogens is 4. The number of hydrogen-bond acceptors (Lipinski definition) is 3. The summed E-state index contributed by atoms with van der Waals surface area (Å²) in [6.45, 7) is 0.151. The molecule has 0 unspecified atom stereocenters. The Bertz CT molecular complexity index is 762. The summed E-state index contributed by atoms with van der Waals surface area (Å²) in [6, 6.07) is 10.0. The van der Waals surface area contributed by atoms with E-state index in [0.29, 0.717) is 17.0 Å². The zero-order valence-corrected chi connectivity index (χ0v) is 16.0. The van der Waals surface area contributed by atoms with Gasteiger partial charge in [0.2, 0.25) is 0 Å². The Morgan fingerprint density at radius 1 is 1.00 bits per heavy atom. The van der Waals surface area contributed by atoms with Crippen LogP contribution in [-0.2, 0) is 11.2 Å². The number of ether oxygens (including phenoxy) is 1. The van der Waals surface area contributed by atoms with Crippen LogP contribution in [-0.4, -0.2) is 17.8 Å². The van der Waals surface area contributed by atoms with Gasteiger partial charge in [-0.05, 0) is 70.1 Å². The Hall–Kier alpha value is -0.820. The van der Waals surface area contributed by atoms with E-state index in [9.17, 15) is 9.59 Å². The van der Waals surface area contributed by atoms with Crippen molar-refractivity contribution in [3.63, 3.8) is 0 Å². The highest BCUT2D eigenvalue weighted by Crippen LogP contribution is 2.21. The lowest BCUT2D eigenvalue weighted by Crippen LogP contribution is -2.09. The number of esters is 1. The van der Waals surface area contributed by atoms with E-state index in [2.05, 4.69) is 22.6 Å². The minimum absolute atomic E-state index is 0.151. The summed E-state index contributed by atoms with van der Waals surface area (Å²) in [7, 11) is 0. The minimum Gasteiger partial charge on any atom is -0.462 e. The fraction of sp³-hybridized carbons (Fsp3) is 0.125. The topological polar surface area (TPSA) is 43.4 Å². The molecule has 23 heavy (non-hydrogen) atoms. The molecule has 0 radical (unpaired) electrons. The second-order valence-corrected chi connectivity index (χ2v) is 7.00. The molecule has 0 fully saturated rings. The molecule has 2 rings (SSSR count). The van der Waals surface area contributed by atoms with Crippen LogP contribution in [0.1, 0.15) is 26.3 Å². The SMILES string of the molecule is O=C(Cl)c1cc(CCOC(=O)c2cc(I)ccc2Cl)ccc1Cl. The summed E-state index contributed by atoms with van der Waals surface area (Å²) in [5.41, 5.74) is 1.35. The standard InChI is InChI=1S/C16H10Cl3IO3/c17-13-3-1-9(7-11(13)15(19)21)5-6-23-16(22)12-8-10(20)2-4-14(12)18/h1-4,7-8H,5-6H2. The maximum absolute atomic E-state index is 12.0. The van der Waals surface area contributed by atoms with Crippen LogP contribution in [0.2, 0.25) is 10.0 Å². The fourth-order valence-corrected chi connectivity index (χ4v) is 2.97. The highest BCUT2D eigenvalue weighted by Gasteiger charge is 2.13. The average molecular weight is 484 g/mol. The molecule has 0 saturated carbocycles. The zero-order chi connectivity index (χ0) is 17.0. The van der Waals surface area contributed by atoms with Gasteiger partial charge in [0.15, 0.2) is 0 Å². The predicted molar refractivity (Wildman–Crippen MR) is 99.8 cm³/mol. The monoisotopic (exact) mass is 482 g/mol. The van der Waals surface area contributed by atoms with Crippen molar-refractivity contribution in [3.8, 4) is 0 Å². The third-order valence-electron chi connectivity index (χ3n) is 3.01. The van der Waals surface area contributed by atoms with Crippen LogP contribution in [0.3, 0.4) is 0 Å². The summed E-state index contributed by atoms with van der Waals surface area (Å²) >= 11 is 19.4. The van der Waals surface area contributed by atoms with E-state index in [-0.39, 0.29) is 17.2 Å². The predicted octanol–water partition coefficient (Wildman–Crippen LogP) is 5.38. The highest BCUT2D eigenvalue weighted by atomic mass is 127. The molecule has 0 spiro atoms. The third-order valence-corrected chi connectivity index (χ3v) is 4.55. The largest absolute Gasteiger partial charge is 0.462 e. The van der Waals surface area contributed by atoms with Crippen LogP contribution in [0.4, 0.5) is 0 Å². The molecule has 3 nitrogen and oxygen atoms in total. The molecule has 0 bridgehead atoms. The number of hydrogen-bond donors (Lipinski definition) is 0.